The summed E-state index contributed by atoms with van der Waals surface area (Å²) >= 11 is 0. The third-order valence-corrected chi connectivity index (χ3v) is 12.9. The number of allylic oxidation sites excluding steroid dienone is 3. The van der Waals surface area contributed by atoms with Crippen LogP contribution in [0.15, 0.2) is 149 Å². The van der Waals surface area contributed by atoms with Crippen LogP contribution < -0.4 is 20.0 Å². The summed E-state index contributed by atoms with van der Waals surface area (Å²) in [5.74, 6) is -4.70. The first-order chi connectivity index (χ1) is 30.0. The molecule has 5 aromatic carbocycles. The van der Waals surface area contributed by atoms with Crippen molar-refractivity contribution in [1.29, 1.82) is 0 Å². The molecule has 2 heterocycles. The van der Waals surface area contributed by atoms with Gasteiger partial charge >= 0.3 is 0 Å². The van der Waals surface area contributed by atoms with Gasteiger partial charge in [-0.1, -0.05) is 77.9 Å². The Labute approximate surface area is 359 Å². The molecular weight excluding hydrogens is 781 g/mol. The predicted octanol–water partition coefficient (Wildman–Crippen LogP) is 8.93. The molecule has 62 heavy (non-hydrogen) atoms. The minimum Gasteiger partial charge on any atom is -0.504 e. The second kappa shape index (κ2) is 15.9. The van der Waals surface area contributed by atoms with E-state index < -0.39 is 46.8 Å². The van der Waals surface area contributed by atoms with Crippen LogP contribution >= 0.6 is 0 Å². The third kappa shape index (κ3) is 6.72. The van der Waals surface area contributed by atoms with E-state index in [9.17, 15) is 19.5 Å². The Morgan fingerprint density at radius 2 is 1.48 bits per heavy atom. The average molecular weight is 827 g/mol. The Kier molecular flexibility index (Phi) is 10.3. The summed E-state index contributed by atoms with van der Waals surface area (Å²) < 4.78 is 5.40. The number of amides is 4. The number of ether oxygens (including phenoxy) is 1. The number of phenolic OH excluding ortho intramolecular Hbond substituents is 1. The molecule has 312 valence electrons. The maximum atomic E-state index is 15.3. The number of benzene rings is 5. The summed E-state index contributed by atoms with van der Waals surface area (Å²) in [6.45, 7) is 1.96. The molecular formula is C50H46N6O6. The van der Waals surface area contributed by atoms with Crippen molar-refractivity contribution >= 4 is 58.1 Å². The van der Waals surface area contributed by atoms with Gasteiger partial charge < -0.3 is 14.7 Å². The van der Waals surface area contributed by atoms with E-state index in [4.69, 9.17) is 4.74 Å². The summed E-state index contributed by atoms with van der Waals surface area (Å²) in [6.07, 6.45) is 6.29. The minimum absolute atomic E-state index is 0.0161. The number of phenols is 1. The first-order valence-corrected chi connectivity index (χ1v) is 20.7. The maximum Gasteiger partial charge on any atom is 0.260 e. The number of methoxy groups -OCH3 is 1. The van der Waals surface area contributed by atoms with Crippen LogP contribution in [0.4, 0.5) is 28.4 Å². The zero-order valence-electron chi connectivity index (χ0n) is 34.8. The molecule has 0 spiro atoms. The van der Waals surface area contributed by atoms with Gasteiger partial charge in [0.15, 0.2) is 11.5 Å². The summed E-state index contributed by atoms with van der Waals surface area (Å²) in [7, 11) is 5.41. The molecule has 4 aliphatic rings. The number of aryl methyl sites for hydroxylation is 1. The fourth-order valence-electron chi connectivity index (χ4n) is 9.85. The molecule has 1 saturated carbocycles. The van der Waals surface area contributed by atoms with Gasteiger partial charge in [0.1, 0.15) is 0 Å². The van der Waals surface area contributed by atoms with Crippen LogP contribution in [0.3, 0.4) is 0 Å². The van der Waals surface area contributed by atoms with Crippen molar-refractivity contribution in [2.75, 3.05) is 36.4 Å². The normalized spacial score (nSPS) is 24.3. The van der Waals surface area contributed by atoms with Crippen LogP contribution in [0.5, 0.6) is 11.5 Å². The Bertz CT molecular complexity index is 2660. The monoisotopic (exact) mass is 826 g/mol. The van der Waals surface area contributed by atoms with Crippen molar-refractivity contribution < 1.29 is 29.0 Å². The standard InChI is InChI=1S/C50H46N6O6/c1-30-10-14-35(15-11-30)53-56-47(59)42-29-40-38(41(26-12-31-13-27-43(57)44(28-31)62-4)50(42,49(56)61)32-8-6-5-7-9-32)24-25-39-45(40)48(60)55(46(39)58)37-22-18-34(19-23-37)52-51-33-16-20-36(21-17-33)54(2)3/h5-24,26-28,39-42,45,53,57H,25,29H2,1-4H3. The Morgan fingerprint density at radius 1 is 0.806 bits per heavy atom. The fraction of sp³-hybridized carbons (Fsp3) is 0.240. The van der Waals surface area contributed by atoms with Gasteiger partial charge in [-0.25, -0.2) is 0 Å². The number of nitrogens with one attached hydrogen (secondary N) is 1. The van der Waals surface area contributed by atoms with Crippen molar-refractivity contribution in [1.82, 2.24) is 5.01 Å². The number of rotatable bonds is 10. The molecule has 12 heteroatoms. The van der Waals surface area contributed by atoms with Crippen LogP contribution in [0.2, 0.25) is 0 Å². The highest BCUT2D eigenvalue weighted by molar-refractivity contribution is 6.22. The lowest BCUT2D eigenvalue weighted by atomic mass is 9.50. The van der Waals surface area contributed by atoms with Gasteiger partial charge in [-0.3, -0.25) is 29.5 Å². The number of aromatic hydroxyl groups is 1. The van der Waals surface area contributed by atoms with Crippen molar-refractivity contribution in [2.45, 2.75) is 25.2 Å². The van der Waals surface area contributed by atoms with Crippen molar-refractivity contribution in [2.24, 2.45) is 39.8 Å². The number of hydrazine groups is 1. The molecule has 5 aromatic rings. The first-order valence-electron chi connectivity index (χ1n) is 20.7. The van der Waals surface area contributed by atoms with Crippen LogP contribution in [-0.2, 0) is 24.6 Å². The van der Waals surface area contributed by atoms with E-state index >= 15 is 4.79 Å². The third-order valence-electron chi connectivity index (χ3n) is 12.9. The Balaban J connectivity index is 1.09. The first kappa shape index (κ1) is 40.1. The van der Waals surface area contributed by atoms with Crippen molar-refractivity contribution in [3.8, 4) is 11.5 Å². The number of imide groups is 2. The summed E-state index contributed by atoms with van der Waals surface area (Å²) in [4.78, 5) is 62.7. The summed E-state index contributed by atoms with van der Waals surface area (Å²) in [6, 6.07) is 36.4. The molecule has 3 fully saturated rings. The molecule has 2 saturated heterocycles. The molecule has 2 N–H and O–H groups in total. The highest BCUT2D eigenvalue weighted by atomic mass is 16.5. The average Bonchev–Trinajstić information content (AvgIpc) is 3.67. The van der Waals surface area contributed by atoms with Crippen LogP contribution in [0.1, 0.15) is 29.5 Å². The molecule has 0 radical (unpaired) electrons. The minimum atomic E-state index is -1.40. The molecule has 9 rings (SSSR count). The number of carbonyl (C=O) groups is 4. The van der Waals surface area contributed by atoms with E-state index in [0.29, 0.717) is 33.9 Å². The maximum absolute atomic E-state index is 15.3. The highest BCUT2D eigenvalue weighted by Gasteiger charge is 2.69. The molecule has 0 bridgehead atoms. The molecule has 2 aliphatic heterocycles. The van der Waals surface area contributed by atoms with Crippen LogP contribution in [-0.4, -0.2) is 54.9 Å². The molecule has 6 atom stereocenters. The SMILES string of the molecule is COc1cc(C=CC2C3=CCC4C(=O)N(c5ccc(N=Nc6ccc(N(C)C)cc6)cc5)C(=O)C4C3CC3C(=O)N(Nc4ccc(C)cc4)C(=O)C23c2ccccc2)ccc1O. The number of hydrogen-bond donors (Lipinski definition) is 2. The van der Waals surface area contributed by atoms with Gasteiger partial charge in [-0.05, 0) is 110 Å². The number of carbonyl (C=O) groups excluding carboxylic acids is 4. The number of fused-ring (bicyclic) bond motifs is 4. The lowest BCUT2D eigenvalue weighted by molar-refractivity contribution is -0.139. The van der Waals surface area contributed by atoms with E-state index in [1.165, 1.54) is 18.1 Å². The van der Waals surface area contributed by atoms with E-state index in [1.807, 2.05) is 123 Å². The van der Waals surface area contributed by atoms with E-state index in [2.05, 4.69) is 15.7 Å². The van der Waals surface area contributed by atoms with Crippen LogP contribution in [0, 0.1) is 36.5 Å². The molecule has 4 amide bonds. The fourth-order valence-corrected chi connectivity index (χ4v) is 9.85. The van der Waals surface area contributed by atoms with Gasteiger partial charge in [-0.2, -0.15) is 15.2 Å². The number of azo groups is 1. The molecule has 0 aromatic heterocycles. The lowest BCUT2D eigenvalue weighted by Crippen LogP contribution is -2.54. The zero-order chi connectivity index (χ0) is 43.3. The van der Waals surface area contributed by atoms with Gasteiger partial charge in [0.25, 0.3) is 11.8 Å². The van der Waals surface area contributed by atoms with E-state index in [0.717, 1.165) is 21.8 Å². The van der Waals surface area contributed by atoms with E-state index in [1.54, 1.807) is 36.4 Å². The second-order valence-electron chi connectivity index (χ2n) is 16.6. The summed E-state index contributed by atoms with van der Waals surface area (Å²) in [5.41, 5.74) is 8.28. The van der Waals surface area contributed by atoms with E-state index in [-0.39, 0.29) is 36.2 Å². The second-order valence-corrected chi connectivity index (χ2v) is 16.6. The van der Waals surface area contributed by atoms with Crippen molar-refractivity contribution in [3.05, 3.63) is 156 Å². The predicted molar refractivity (Wildman–Crippen MR) is 237 cm³/mol. The van der Waals surface area contributed by atoms with Crippen molar-refractivity contribution in [3.63, 3.8) is 0 Å². The largest absolute Gasteiger partial charge is 0.504 e. The lowest BCUT2D eigenvalue weighted by Gasteiger charge is -2.49. The number of hydrogen-bond acceptors (Lipinski definition) is 10. The van der Waals surface area contributed by atoms with Gasteiger partial charge in [0, 0.05) is 25.7 Å². The quantitative estimate of drug-likeness (QED) is 0.0807. The topological polar surface area (TPSA) is 144 Å². The summed E-state index contributed by atoms with van der Waals surface area (Å²) in [5, 5.41) is 20.2. The zero-order valence-corrected chi connectivity index (χ0v) is 34.8. The number of anilines is 3. The number of nitrogens with zero attached hydrogens (tertiary/aromatic N) is 5. The highest BCUT2D eigenvalue weighted by Crippen LogP contribution is 2.61. The molecule has 2 aliphatic carbocycles. The molecule has 12 nitrogen and oxygen atoms in total. The van der Waals surface area contributed by atoms with Gasteiger partial charge in [-0.15, -0.1) is 0 Å². The van der Waals surface area contributed by atoms with Gasteiger partial charge in [0.05, 0.1) is 53.0 Å². The smallest absolute Gasteiger partial charge is 0.260 e. The van der Waals surface area contributed by atoms with Gasteiger partial charge in [0.2, 0.25) is 11.8 Å². The molecule has 6 unspecified atom stereocenters. The Morgan fingerprint density at radius 3 is 2.15 bits per heavy atom. The van der Waals surface area contributed by atoms with Crippen LogP contribution in [0.25, 0.3) is 6.08 Å². The Hall–Kier alpha value is -7.34.